The van der Waals surface area contributed by atoms with Crippen molar-refractivity contribution in [1.82, 2.24) is 15.3 Å². The van der Waals surface area contributed by atoms with Crippen molar-refractivity contribution in [2.24, 2.45) is 0 Å². The van der Waals surface area contributed by atoms with E-state index in [1.54, 1.807) is 18.6 Å². The van der Waals surface area contributed by atoms with Crippen LogP contribution in [-0.4, -0.2) is 21.9 Å². The molecule has 138 valence electrons. The molecule has 3 aromatic rings. The van der Waals surface area contributed by atoms with Gasteiger partial charge in [0.05, 0.1) is 5.56 Å². The topological polar surface area (TPSA) is 58.1 Å². The lowest BCUT2D eigenvalue weighted by Gasteiger charge is -2.28. The molecule has 5 nitrogen and oxygen atoms in total. The third-order valence-corrected chi connectivity index (χ3v) is 4.30. The molecule has 2 aromatic heterocycles. The summed E-state index contributed by atoms with van der Waals surface area (Å²) in [6, 6.07) is 18.1. The van der Waals surface area contributed by atoms with Gasteiger partial charge in [-0.25, -0.2) is 4.98 Å². The number of nitrogens with zero attached hydrogens (tertiary/aromatic N) is 3. The zero-order chi connectivity index (χ0) is 19.1. The smallest absolute Gasteiger partial charge is 0.253 e. The molecule has 1 N–H and O–H groups in total. The van der Waals surface area contributed by atoms with E-state index in [0.29, 0.717) is 18.2 Å². The van der Waals surface area contributed by atoms with Gasteiger partial charge in [0.25, 0.3) is 5.91 Å². The quantitative estimate of drug-likeness (QED) is 0.696. The fourth-order valence-electron chi connectivity index (χ4n) is 2.79. The van der Waals surface area contributed by atoms with Gasteiger partial charge in [-0.15, -0.1) is 0 Å². The highest BCUT2D eigenvalue weighted by molar-refractivity contribution is 5.94. The van der Waals surface area contributed by atoms with Crippen molar-refractivity contribution in [2.75, 3.05) is 4.90 Å². The van der Waals surface area contributed by atoms with Gasteiger partial charge in [-0.05, 0) is 43.2 Å². The van der Waals surface area contributed by atoms with Gasteiger partial charge in [-0.2, -0.15) is 0 Å². The number of aromatic nitrogens is 2. The highest BCUT2D eigenvalue weighted by Crippen LogP contribution is 2.18. The molecule has 0 unspecified atom stereocenters. The standard InChI is InChI=1S/C22H24N4O/c1-17(2)26(16-18-7-4-3-5-8-18)21-11-10-20(15-24-21)22(27)25-14-19-9-6-12-23-13-19/h3-13,15,17H,14,16H2,1-2H3,(H,25,27). The summed E-state index contributed by atoms with van der Waals surface area (Å²) < 4.78 is 0. The summed E-state index contributed by atoms with van der Waals surface area (Å²) in [4.78, 5) is 23.1. The number of hydrogen-bond donors (Lipinski definition) is 1. The Bertz CT molecular complexity index is 849. The number of benzene rings is 1. The molecular weight excluding hydrogens is 336 g/mol. The van der Waals surface area contributed by atoms with Gasteiger partial charge in [-0.1, -0.05) is 36.4 Å². The van der Waals surface area contributed by atoms with E-state index in [1.807, 2.05) is 42.5 Å². The lowest BCUT2D eigenvalue weighted by Crippen LogP contribution is -2.31. The van der Waals surface area contributed by atoms with E-state index in [-0.39, 0.29) is 5.91 Å². The molecule has 1 aromatic carbocycles. The lowest BCUT2D eigenvalue weighted by atomic mass is 10.2. The summed E-state index contributed by atoms with van der Waals surface area (Å²) in [5, 5.41) is 2.89. The molecule has 0 spiro atoms. The number of hydrogen-bond acceptors (Lipinski definition) is 4. The molecule has 0 fully saturated rings. The zero-order valence-corrected chi connectivity index (χ0v) is 15.7. The second-order valence-corrected chi connectivity index (χ2v) is 6.66. The van der Waals surface area contributed by atoms with E-state index in [0.717, 1.165) is 17.9 Å². The van der Waals surface area contributed by atoms with E-state index in [2.05, 4.69) is 46.2 Å². The van der Waals surface area contributed by atoms with Crippen LogP contribution in [-0.2, 0) is 13.1 Å². The van der Waals surface area contributed by atoms with E-state index >= 15 is 0 Å². The average molecular weight is 360 g/mol. The van der Waals surface area contributed by atoms with Crippen molar-refractivity contribution in [3.8, 4) is 0 Å². The maximum atomic E-state index is 12.3. The first-order valence-corrected chi connectivity index (χ1v) is 9.07. The predicted molar refractivity (Wildman–Crippen MR) is 107 cm³/mol. The molecule has 0 radical (unpaired) electrons. The molecule has 2 heterocycles. The van der Waals surface area contributed by atoms with Crippen LogP contribution in [0, 0.1) is 0 Å². The Hall–Kier alpha value is -3.21. The zero-order valence-electron chi connectivity index (χ0n) is 15.7. The second-order valence-electron chi connectivity index (χ2n) is 6.66. The van der Waals surface area contributed by atoms with E-state index < -0.39 is 0 Å². The van der Waals surface area contributed by atoms with Crippen molar-refractivity contribution in [3.05, 3.63) is 89.9 Å². The van der Waals surface area contributed by atoms with Crippen molar-refractivity contribution in [2.45, 2.75) is 33.0 Å². The van der Waals surface area contributed by atoms with Crippen LogP contribution in [0.25, 0.3) is 0 Å². The third kappa shape index (κ3) is 5.14. The second kappa shape index (κ2) is 8.94. The molecule has 0 aliphatic rings. The van der Waals surface area contributed by atoms with Gasteiger partial charge in [-0.3, -0.25) is 9.78 Å². The number of amides is 1. The molecule has 0 saturated carbocycles. The van der Waals surface area contributed by atoms with Crippen LogP contribution in [0.15, 0.2) is 73.2 Å². The van der Waals surface area contributed by atoms with E-state index in [9.17, 15) is 4.79 Å². The molecule has 0 aliphatic heterocycles. The summed E-state index contributed by atoms with van der Waals surface area (Å²) in [7, 11) is 0. The molecule has 1 amide bonds. The van der Waals surface area contributed by atoms with Crippen molar-refractivity contribution in [1.29, 1.82) is 0 Å². The van der Waals surface area contributed by atoms with E-state index in [4.69, 9.17) is 0 Å². The molecule has 3 rings (SSSR count). The molecule has 0 atom stereocenters. The maximum absolute atomic E-state index is 12.3. The molecule has 0 saturated heterocycles. The number of rotatable bonds is 7. The summed E-state index contributed by atoms with van der Waals surface area (Å²) >= 11 is 0. The lowest BCUT2D eigenvalue weighted by molar-refractivity contribution is 0.0950. The van der Waals surface area contributed by atoms with Gasteiger partial charge >= 0.3 is 0 Å². The fraction of sp³-hybridized carbons (Fsp3) is 0.227. The highest BCUT2D eigenvalue weighted by Gasteiger charge is 2.14. The Balaban J connectivity index is 1.66. The van der Waals surface area contributed by atoms with E-state index in [1.165, 1.54) is 5.56 Å². The van der Waals surface area contributed by atoms with Gasteiger partial charge in [0.15, 0.2) is 0 Å². The molecule has 0 bridgehead atoms. The largest absolute Gasteiger partial charge is 0.350 e. The van der Waals surface area contributed by atoms with Crippen molar-refractivity contribution < 1.29 is 4.79 Å². The highest BCUT2D eigenvalue weighted by atomic mass is 16.1. The maximum Gasteiger partial charge on any atom is 0.253 e. The predicted octanol–water partition coefficient (Wildman–Crippen LogP) is 3.82. The Morgan fingerprint density at radius 3 is 2.41 bits per heavy atom. The van der Waals surface area contributed by atoms with Crippen LogP contribution in [0.3, 0.4) is 0 Å². The molecular formula is C22H24N4O. The fourth-order valence-corrected chi connectivity index (χ4v) is 2.79. The summed E-state index contributed by atoms with van der Waals surface area (Å²) in [5.74, 6) is 0.717. The summed E-state index contributed by atoms with van der Waals surface area (Å²) in [5.41, 5.74) is 2.74. The number of nitrogens with one attached hydrogen (secondary N) is 1. The normalized spacial score (nSPS) is 10.6. The average Bonchev–Trinajstić information content (AvgIpc) is 2.72. The van der Waals surface area contributed by atoms with Crippen LogP contribution < -0.4 is 10.2 Å². The summed E-state index contributed by atoms with van der Waals surface area (Å²) in [6.45, 7) is 5.50. The Morgan fingerprint density at radius 2 is 1.78 bits per heavy atom. The van der Waals surface area contributed by atoms with Gasteiger partial charge in [0.2, 0.25) is 0 Å². The molecule has 27 heavy (non-hydrogen) atoms. The SMILES string of the molecule is CC(C)N(Cc1ccccc1)c1ccc(C(=O)NCc2cccnc2)cn1. The van der Waals surface area contributed by atoms with Crippen LogP contribution in [0.5, 0.6) is 0 Å². The van der Waals surface area contributed by atoms with Crippen molar-refractivity contribution in [3.63, 3.8) is 0 Å². The number of carbonyl (C=O) groups is 1. The monoisotopic (exact) mass is 360 g/mol. The summed E-state index contributed by atoms with van der Waals surface area (Å²) in [6.07, 6.45) is 5.09. The van der Waals surface area contributed by atoms with Crippen LogP contribution in [0.2, 0.25) is 0 Å². The van der Waals surface area contributed by atoms with Crippen molar-refractivity contribution >= 4 is 11.7 Å². The Kier molecular flexibility index (Phi) is 6.15. The first kappa shape index (κ1) is 18.6. The van der Waals surface area contributed by atoms with Gasteiger partial charge in [0, 0.05) is 37.7 Å². The third-order valence-electron chi connectivity index (χ3n) is 4.30. The Labute approximate surface area is 160 Å². The van der Waals surface area contributed by atoms with Gasteiger partial charge < -0.3 is 10.2 Å². The number of carbonyl (C=O) groups excluding carboxylic acids is 1. The molecule has 5 heteroatoms. The number of pyridine rings is 2. The first-order chi connectivity index (χ1) is 13.1. The Morgan fingerprint density at radius 1 is 1.00 bits per heavy atom. The minimum Gasteiger partial charge on any atom is -0.350 e. The number of anilines is 1. The van der Waals surface area contributed by atoms with Gasteiger partial charge in [0.1, 0.15) is 5.82 Å². The molecule has 0 aliphatic carbocycles. The van der Waals surface area contributed by atoms with Crippen LogP contribution >= 0.6 is 0 Å². The van der Waals surface area contributed by atoms with Crippen LogP contribution in [0.1, 0.15) is 35.3 Å². The first-order valence-electron chi connectivity index (χ1n) is 9.07. The minimum absolute atomic E-state index is 0.142. The van der Waals surface area contributed by atoms with Crippen LogP contribution in [0.4, 0.5) is 5.82 Å². The minimum atomic E-state index is -0.142.